The van der Waals surface area contributed by atoms with Crippen LogP contribution in [0.5, 0.6) is 0 Å². The second-order valence-corrected chi connectivity index (χ2v) is 13.9. The van der Waals surface area contributed by atoms with E-state index in [1.54, 1.807) is 0 Å². The van der Waals surface area contributed by atoms with Crippen molar-refractivity contribution in [2.75, 3.05) is 19.8 Å². The molecule has 3 spiro atoms. The maximum absolute atomic E-state index is 14.1. The summed E-state index contributed by atoms with van der Waals surface area (Å²) in [6, 6.07) is 6.52. The van der Waals surface area contributed by atoms with Gasteiger partial charge in [-0.3, -0.25) is 0 Å². The molecule has 5 nitrogen and oxygen atoms in total. The fourth-order valence-electron chi connectivity index (χ4n) is 9.66. The highest BCUT2D eigenvalue weighted by Crippen LogP contribution is 2.51. The number of hydrogen-bond acceptors (Lipinski definition) is 5. The van der Waals surface area contributed by atoms with E-state index in [-0.39, 0.29) is 28.9 Å². The first-order valence-corrected chi connectivity index (χ1v) is 16.3. The Labute approximate surface area is 234 Å². The van der Waals surface area contributed by atoms with Crippen molar-refractivity contribution in [1.82, 2.24) is 0 Å². The van der Waals surface area contributed by atoms with Crippen molar-refractivity contribution in [2.45, 2.75) is 150 Å². The number of esters is 1. The van der Waals surface area contributed by atoms with Gasteiger partial charge in [0.1, 0.15) is 6.10 Å². The summed E-state index contributed by atoms with van der Waals surface area (Å²) < 4.78 is 25.4. The zero-order valence-corrected chi connectivity index (χ0v) is 23.9. The molecular weight excluding hydrogens is 488 g/mol. The summed E-state index contributed by atoms with van der Waals surface area (Å²) in [6.07, 6.45) is 20.1. The van der Waals surface area contributed by atoms with Crippen LogP contribution >= 0.6 is 0 Å². The van der Waals surface area contributed by atoms with Crippen molar-refractivity contribution < 1.29 is 23.7 Å². The third-order valence-corrected chi connectivity index (χ3v) is 11.4. The van der Waals surface area contributed by atoms with E-state index >= 15 is 0 Å². The van der Waals surface area contributed by atoms with Crippen LogP contribution in [-0.4, -0.2) is 48.7 Å². The summed E-state index contributed by atoms with van der Waals surface area (Å²) in [5, 5.41) is 0. The highest BCUT2D eigenvalue weighted by molar-refractivity contribution is 5.92. The van der Waals surface area contributed by atoms with E-state index in [0.717, 1.165) is 102 Å². The molecule has 6 fully saturated rings. The van der Waals surface area contributed by atoms with Gasteiger partial charge in [-0.25, -0.2) is 4.79 Å². The molecule has 214 valence electrons. The molecule has 0 bridgehead atoms. The Hall–Kier alpha value is -1.43. The largest absolute Gasteiger partial charge is 0.459 e. The molecule has 0 N–H and O–H groups in total. The van der Waals surface area contributed by atoms with Crippen molar-refractivity contribution in [3.63, 3.8) is 0 Å². The van der Waals surface area contributed by atoms with Crippen LogP contribution in [0, 0.1) is 0 Å². The number of carbonyl (C=O) groups excluding carboxylic acids is 1. The van der Waals surface area contributed by atoms with Gasteiger partial charge in [0.05, 0.1) is 22.4 Å². The van der Waals surface area contributed by atoms with Gasteiger partial charge in [0.25, 0.3) is 0 Å². The number of rotatable bonds is 4. The number of hydrogen-bond donors (Lipinski definition) is 0. The average molecular weight is 537 g/mol. The van der Waals surface area contributed by atoms with Gasteiger partial charge in [0.15, 0.2) is 0 Å². The molecule has 5 heteroatoms. The lowest BCUT2D eigenvalue weighted by Gasteiger charge is -2.42. The molecule has 6 aliphatic rings. The number of carbonyl (C=O) groups is 1. The predicted molar refractivity (Wildman–Crippen MR) is 150 cm³/mol. The van der Waals surface area contributed by atoms with Gasteiger partial charge in [0, 0.05) is 26.2 Å². The minimum Gasteiger partial charge on any atom is -0.459 e. The van der Waals surface area contributed by atoms with Crippen molar-refractivity contribution in [2.24, 2.45) is 0 Å². The SMILES string of the molecule is O=C(OC1CCCC2(CCCO2)C1)c1cccc(C2CCCC3(CCCO3)C2)c1C1CCCC2(CCCO2)C1. The average Bonchev–Trinajstić information content (AvgIpc) is 3.71. The minimum absolute atomic E-state index is 0.00905. The van der Waals surface area contributed by atoms with E-state index in [2.05, 4.69) is 18.2 Å². The fraction of sp³-hybridized carbons (Fsp3) is 0.794. The zero-order valence-electron chi connectivity index (χ0n) is 23.9. The predicted octanol–water partition coefficient (Wildman–Crippen LogP) is 7.75. The second kappa shape index (κ2) is 10.8. The third kappa shape index (κ3) is 5.21. The first-order chi connectivity index (χ1) is 19.1. The van der Waals surface area contributed by atoms with E-state index in [4.69, 9.17) is 18.9 Å². The lowest BCUT2D eigenvalue weighted by Crippen LogP contribution is -2.39. The van der Waals surface area contributed by atoms with Crippen LogP contribution in [0.1, 0.15) is 149 Å². The smallest absolute Gasteiger partial charge is 0.338 e. The van der Waals surface area contributed by atoms with Gasteiger partial charge in [-0.1, -0.05) is 12.1 Å². The molecule has 1 aromatic carbocycles. The van der Waals surface area contributed by atoms with Crippen molar-refractivity contribution in [3.8, 4) is 0 Å². The number of benzene rings is 1. The summed E-state index contributed by atoms with van der Waals surface area (Å²) in [4.78, 5) is 14.1. The molecule has 3 aliphatic heterocycles. The van der Waals surface area contributed by atoms with Gasteiger partial charge >= 0.3 is 5.97 Å². The first-order valence-electron chi connectivity index (χ1n) is 16.3. The molecule has 0 aromatic heterocycles. The lowest BCUT2D eigenvalue weighted by molar-refractivity contribution is -0.0695. The summed E-state index contributed by atoms with van der Waals surface area (Å²) in [5.74, 6) is 0.696. The maximum Gasteiger partial charge on any atom is 0.338 e. The quantitative estimate of drug-likeness (QED) is 0.368. The molecule has 39 heavy (non-hydrogen) atoms. The standard InChI is InChI=1S/C34H48O5/c35-31(39-27-10-4-15-34(24-27)18-7-21-38-34)29-12-1-11-28(25-8-2-13-32(22-25)16-5-19-36-32)30(29)26-9-3-14-33(23-26)17-6-20-37-33/h1,11-12,25-27H,2-10,13-24H2. The van der Waals surface area contributed by atoms with E-state index in [0.29, 0.717) is 11.8 Å². The molecule has 7 rings (SSSR count). The molecule has 3 saturated heterocycles. The summed E-state index contributed by atoms with van der Waals surface area (Å²) in [6.45, 7) is 2.64. The second-order valence-electron chi connectivity index (χ2n) is 13.9. The Morgan fingerprint density at radius 2 is 1.21 bits per heavy atom. The van der Waals surface area contributed by atoms with Gasteiger partial charge in [-0.2, -0.15) is 0 Å². The van der Waals surface area contributed by atoms with E-state index in [9.17, 15) is 4.79 Å². The molecule has 0 amide bonds. The Balaban J connectivity index is 1.20. The van der Waals surface area contributed by atoms with Crippen LogP contribution in [0.2, 0.25) is 0 Å². The highest BCUT2D eigenvalue weighted by Gasteiger charge is 2.45. The van der Waals surface area contributed by atoms with Gasteiger partial charge in [-0.05, 0) is 138 Å². The summed E-state index contributed by atoms with van der Waals surface area (Å²) in [7, 11) is 0. The maximum atomic E-state index is 14.1. The Morgan fingerprint density at radius 3 is 1.82 bits per heavy atom. The number of ether oxygens (including phenoxy) is 4. The normalized spacial score (nSPS) is 40.6. The lowest BCUT2D eigenvalue weighted by atomic mass is 9.68. The van der Waals surface area contributed by atoms with Crippen LogP contribution in [0.3, 0.4) is 0 Å². The molecule has 3 saturated carbocycles. The zero-order chi connectivity index (χ0) is 26.3. The van der Waals surface area contributed by atoms with Gasteiger partial charge in [0.2, 0.25) is 0 Å². The summed E-state index contributed by atoms with van der Waals surface area (Å²) >= 11 is 0. The molecule has 6 atom stereocenters. The Bertz CT molecular complexity index is 1030. The molecule has 0 radical (unpaired) electrons. The fourth-order valence-corrected chi connectivity index (χ4v) is 9.66. The van der Waals surface area contributed by atoms with Crippen LogP contribution in [-0.2, 0) is 18.9 Å². The molecule has 3 aliphatic carbocycles. The van der Waals surface area contributed by atoms with E-state index in [1.807, 2.05) is 0 Å². The van der Waals surface area contributed by atoms with Crippen LogP contribution in [0.15, 0.2) is 18.2 Å². The summed E-state index contributed by atoms with van der Waals surface area (Å²) in [5.41, 5.74) is 3.53. The molecule has 1 aromatic rings. The van der Waals surface area contributed by atoms with Crippen LogP contribution in [0.25, 0.3) is 0 Å². The Kier molecular flexibility index (Phi) is 7.30. The van der Waals surface area contributed by atoms with Crippen LogP contribution < -0.4 is 0 Å². The van der Waals surface area contributed by atoms with Crippen molar-refractivity contribution in [1.29, 1.82) is 0 Å². The van der Waals surface area contributed by atoms with Gasteiger partial charge < -0.3 is 18.9 Å². The highest BCUT2D eigenvalue weighted by atomic mass is 16.5. The minimum atomic E-state index is -0.110. The van der Waals surface area contributed by atoms with Crippen LogP contribution in [0.4, 0.5) is 0 Å². The van der Waals surface area contributed by atoms with E-state index < -0.39 is 0 Å². The molecule has 6 unspecified atom stereocenters. The molecule has 3 heterocycles. The van der Waals surface area contributed by atoms with Gasteiger partial charge in [-0.15, -0.1) is 0 Å². The molecular formula is C34H48O5. The topological polar surface area (TPSA) is 54.0 Å². The first kappa shape index (κ1) is 26.5. The third-order valence-electron chi connectivity index (χ3n) is 11.4. The van der Waals surface area contributed by atoms with E-state index in [1.165, 1.54) is 49.7 Å². The monoisotopic (exact) mass is 536 g/mol. The van der Waals surface area contributed by atoms with Crippen molar-refractivity contribution >= 4 is 5.97 Å². The van der Waals surface area contributed by atoms with Crippen molar-refractivity contribution in [3.05, 3.63) is 34.9 Å². The Morgan fingerprint density at radius 1 is 0.667 bits per heavy atom.